The second-order valence-electron chi connectivity index (χ2n) is 6.83. The van der Waals surface area contributed by atoms with Crippen molar-refractivity contribution >= 4 is 32.2 Å². The van der Waals surface area contributed by atoms with Crippen molar-refractivity contribution in [3.63, 3.8) is 0 Å². The number of ether oxygens (including phenoxy) is 2. The smallest absolute Gasteiger partial charge is 0.461 e. The van der Waals surface area contributed by atoms with E-state index in [0.717, 1.165) is 0 Å². The minimum atomic E-state index is -6.78. The van der Waals surface area contributed by atoms with Gasteiger partial charge in [-0.3, -0.25) is 0 Å². The minimum Gasteiger partial charge on any atom is -0.461 e. The molecule has 0 radical (unpaired) electrons. The molecular formula is C19H17F6NO10S2. The van der Waals surface area contributed by atoms with Crippen LogP contribution in [0.25, 0.3) is 0 Å². The van der Waals surface area contributed by atoms with E-state index in [1.54, 1.807) is 0 Å². The van der Waals surface area contributed by atoms with Crippen LogP contribution in [0, 0.1) is 0 Å². The van der Waals surface area contributed by atoms with Crippen LogP contribution in [0.1, 0.15) is 40.4 Å². The van der Waals surface area contributed by atoms with Crippen LogP contribution in [-0.2, 0) is 36.3 Å². The van der Waals surface area contributed by atoms with Crippen LogP contribution >= 0.6 is 0 Å². The molecule has 0 aliphatic carbocycles. The highest BCUT2D eigenvalue weighted by Gasteiger charge is 2.53. The lowest BCUT2D eigenvalue weighted by molar-refractivity contribution is -0.0513. The number of alkyl halides is 6. The van der Waals surface area contributed by atoms with E-state index in [2.05, 4.69) is 17.8 Å². The normalized spacial score (nSPS) is 12.6. The van der Waals surface area contributed by atoms with Crippen LogP contribution in [0.4, 0.5) is 26.3 Å². The Balaban J connectivity index is 3.09. The van der Waals surface area contributed by atoms with E-state index in [9.17, 15) is 52.8 Å². The van der Waals surface area contributed by atoms with Crippen LogP contribution in [0.15, 0.2) is 30.3 Å². The third-order valence-electron chi connectivity index (χ3n) is 4.25. The van der Waals surface area contributed by atoms with Crippen molar-refractivity contribution in [3.05, 3.63) is 47.3 Å². The first kappa shape index (κ1) is 30.7. The molecule has 0 saturated carbocycles. The Labute approximate surface area is 211 Å². The van der Waals surface area contributed by atoms with Crippen LogP contribution in [0.2, 0.25) is 0 Å². The maximum Gasteiger partial charge on any atom is 0.534 e. The molecule has 0 aliphatic rings. The lowest BCUT2D eigenvalue weighted by Gasteiger charge is -2.13. The maximum absolute atomic E-state index is 13.1. The standard InChI is InChI=1S/C19H17F6NO10S2/c1-3-33-16(27)12-14(35-37(29,30)18(20,21)22)15(36-38(31,32)19(23,24)25)13(17(28)34-4-2)26(12)10-11-8-6-5-7-9-11/h5-9H,3-4,10H2,1-2H3. The number of benzene rings is 1. The van der Waals surface area contributed by atoms with Gasteiger partial charge in [-0.2, -0.15) is 43.2 Å². The van der Waals surface area contributed by atoms with Crippen LogP contribution in [0.5, 0.6) is 11.5 Å². The Kier molecular flexibility index (Phi) is 8.98. The monoisotopic (exact) mass is 597 g/mol. The summed E-state index contributed by atoms with van der Waals surface area (Å²) in [4.78, 5) is 25.5. The Bertz CT molecular complexity index is 1310. The first-order valence-corrected chi connectivity index (χ1v) is 12.9. The quantitative estimate of drug-likeness (QED) is 0.173. The number of esters is 2. The summed E-state index contributed by atoms with van der Waals surface area (Å²) in [5, 5.41) is 0. The summed E-state index contributed by atoms with van der Waals surface area (Å²) in [5.74, 6) is -7.43. The van der Waals surface area contributed by atoms with Crippen LogP contribution in [0.3, 0.4) is 0 Å². The van der Waals surface area contributed by atoms with Gasteiger partial charge in [0.05, 0.1) is 13.2 Å². The highest BCUT2D eigenvalue weighted by Crippen LogP contribution is 2.44. The Hall–Kier alpha value is -3.48. The second-order valence-corrected chi connectivity index (χ2v) is 9.91. The highest BCUT2D eigenvalue weighted by molar-refractivity contribution is 7.88. The zero-order chi connectivity index (χ0) is 29.1. The molecule has 0 unspecified atom stereocenters. The zero-order valence-corrected chi connectivity index (χ0v) is 20.8. The number of aromatic nitrogens is 1. The fraction of sp³-hybridized carbons (Fsp3) is 0.368. The summed E-state index contributed by atoms with van der Waals surface area (Å²) in [7, 11) is -13.6. The highest BCUT2D eigenvalue weighted by atomic mass is 32.2. The van der Waals surface area contributed by atoms with Gasteiger partial charge in [-0.15, -0.1) is 0 Å². The average Bonchev–Trinajstić information content (AvgIpc) is 3.04. The molecule has 2 aromatic rings. The van der Waals surface area contributed by atoms with Gasteiger partial charge in [0.15, 0.2) is 11.4 Å². The van der Waals surface area contributed by atoms with Crippen molar-refractivity contribution in [2.75, 3.05) is 13.2 Å². The molecule has 0 bridgehead atoms. The molecular weight excluding hydrogens is 580 g/mol. The topological polar surface area (TPSA) is 144 Å². The van der Waals surface area contributed by atoms with Gasteiger partial charge in [-0.05, 0) is 19.4 Å². The van der Waals surface area contributed by atoms with E-state index in [1.165, 1.54) is 44.2 Å². The summed E-state index contributed by atoms with van der Waals surface area (Å²) >= 11 is 0. The van der Waals surface area contributed by atoms with Gasteiger partial charge in [0.25, 0.3) is 0 Å². The first-order chi connectivity index (χ1) is 17.4. The number of carbonyl (C=O) groups excluding carboxylic acids is 2. The predicted molar refractivity (Wildman–Crippen MR) is 113 cm³/mol. The molecule has 0 atom stereocenters. The van der Waals surface area contributed by atoms with E-state index >= 15 is 0 Å². The van der Waals surface area contributed by atoms with Gasteiger partial charge in [-0.1, -0.05) is 30.3 Å². The second kappa shape index (κ2) is 11.1. The molecule has 0 aliphatic heterocycles. The molecule has 11 nitrogen and oxygen atoms in total. The molecule has 212 valence electrons. The fourth-order valence-electron chi connectivity index (χ4n) is 2.77. The lowest BCUT2D eigenvalue weighted by Crippen LogP contribution is -2.30. The largest absolute Gasteiger partial charge is 0.534 e. The molecule has 19 heteroatoms. The third kappa shape index (κ3) is 6.50. The number of nitrogens with zero attached hydrogens (tertiary/aromatic N) is 1. The van der Waals surface area contributed by atoms with Gasteiger partial charge in [0, 0.05) is 6.54 Å². The summed E-state index contributed by atoms with van der Waals surface area (Å²) in [5.41, 5.74) is -15.1. The van der Waals surface area contributed by atoms with Crippen molar-refractivity contribution in [2.45, 2.75) is 31.4 Å². The van der Waals surface area contributed by atoms with Gasteiger partial charge in [0.1, 0.15) is 0 Å². The van der Waals surface area contributed by atoms with Crippen molar-refractivity contribution in [2.24, 2.45) is 0 Å². The molecule has 38 heavy (non-hydrogen) atoms. The number of hydrogen-bond acceptors (Lipinski definition) is 10. The summed E-state index contributed by atoms with van der Waals surface area (Å²) in [6.07, 6.45) is 0. The number of hydrogen-bond donors (Lipinski definition) is 0. The minimum absolute atomic E-state index is 0.147. The predicted octanol–water partition coefficient (Wildman–Crippen LogP) is 3.35. The van der Waals surface area contributed by atoms with Crippen LogP contribution in [-0.4, -0.2) is 57.6 Å². The Morgan fingerprint density at radius 1 is 0.737 bits per heavy atom. The molecule has 1 aromatic heterocycles. The van der Waals surface area contributed by atoms with E-state index in [-0.39, 0.29) is 5.56 Å². The molecule has 0 saturated heterocycles. The SMILES string of the molecule is CCOC(=O)c1c(OS(=O)(=O)C(F)(F)F)c(OS(=O)(=O)C(F)(F)F)c(C(=O)OCC)n1Cc1ccccc1. The lowest BCUT2D eigenvalue weighted by atomic mass is 10.2. The van der Waals surface area contributed by atoms with Gasteiger partial charge >= 0.3 is 43.2 Å². The molecule has 0 spiro atoms. The van der Waals surface area contributed by atoms with Gasteiger partial charge < -0.3 is 22.4 Å². The molecule has 2 rings (SSSR count). The maximum atomic E-state index is 13.1. The molecule has 0 amide bonds. The van der Waals surface area contributed by atoms with Crippen molar-refractivity contribution in [1.82, 2.24) is 4.57 Å². The van der Waals surface area contributed by atoms with Crippen molar-refractivity contribution in [3.8, 4) is 11.5 Å². The Morgan fingerprint density at radius 3 is 1.42 bits per heavy atom. The summed E-state index contributed by atoms with van der Waals surface area (Å²) in [6.45, 7) is 0.653. The average molecular weight is 597 g/mol. The van der Waals surface area contributed by atoms with E-state index in [4.69, 9.17) is 0 Å². The van der Waals surface area contributed by atoms with E-state index in [1.807, 2.05) is 0 Å². The fourth-order valence-corrected chi connectivity index (χ4v) is 3.71. The zero-order valence-electron chi connectivity index (χ0n) is 19.1. The molecule has 0 N–H and O–H groups in total. The van der Waals surface area contributed by atoms with E-state index in [0.29, 0.717) is 4.57 Å². The summed E-state index contributed by atoms with van der Waals surface area (Å²) in [6, 6.07) is 7.02. The number of rotatable bonds is 10. The van der Waals surface area contributed by atoms with Crippen LogP contribution < -0.4 is 8.37 Å². The third-order valence-corrected chi connectivity index (χ3v) is 6.16. The molecule has 1 aromatic carbocycles. The first-order valence-electron chi connectivity index (χ1n) is 10.0. The van der Waals surface area contributed by atoms with Gasteiger partial charge in [-0.25, -0.2) is 9.59 Å². The molecule has 1 heterocycles. The number of carbonyl (C=O) groups is 2. The number of halogens is 6. The molecule has 0 fully saturated rings. The van der Waals surface area contributed by atoms with Crippen molar-refractivity contribution in [1.29, 1.82) is 0 Å². The van der Waals surface area contributed by atoms with Crippen molar-refractivity contribution < 1.29 is 70.6 Å². The van der Waals surface area contributed by atoms with Gasteiger partial charge in [0.2, 0.25) is 11.5 Å². The summed E-state index contributed by atoms with van der Waals surface area (Å²) < 4.78 is 143. The van der Waals surface area contributed by atoms with E-state index < -0.39 is 85.8 Å². The Morgan fingerprint density at radius 2 is 1.11 bits per heavy atom.